The van der Waals surface area contributed by atoms with E-state index in [1.807, 2.05) is 0 Å². The number of hydrogen-bond acceptors (Lipinski definition) is 0. The summed E-state index contributed by atoms with van der Waals surface area (Å²) < 4.78 is 0. The van der Waals surface area contributed by atoms with Gasteiger partial charge in [-0.1, -0.05) is 0 Å². The minimum absolute atomic E-state index is 0. The monoisotopic (exact) mass is 68.0 g/mol. The minimum Gasteiger partial charge on any atom is 0.316 e. The first-order valence-corrected chi connectivity index (χ1v) is 0. The van der Waals surface area contributed by atoms with Crippen LogP contribution in [0.15, 0.2) is 0 Å². The Morgan fingerprint density at radius 1 is 0.500 bits per heavy atom. The molecule has 0 fully saturated rings. The van der Waals surface area contributed by atoms with Gasteiger partial charge in [-0.05, 0) is 0 Å². The smallest absolute Gasteiger partial charge is 0.316 e. The van der Waals surface area contributed by atoms with Crippen LogP contribution >= 0.6 is 0 Å². The molecule has 0 aliphatic carbocycles. The molecule has 0 aromatic rings. The molecule has 0 unspecified atom stereocenters. The zero-order valence-corrected chi connectivity index (χ0v) is 0. The topological polar surface area (TPSA) is 0 Å². The Kier molecular flexibility index (Phi) is 128. The summed E-state index contributed by atoms with van der Waals surface area (Å²) >= 11 is 0. The van der Waals surface area contributed by atoms with Gasteiger partial charge in [-0.25, -0.2) is 0 Å². The molecule has 0 aromatic heterocycles. The van der Waals surface area contributed by atoms with Gasteiger partial charge < -0.3 is 0 Å². The van der Waals surface area contributed by atoms with E-state index in [0.29, 0.717) is 0 Å². The van der Waals surface area contributed by atoms with Crippen LogP contribution in [-0.2, 0) is 0 Å². The summed E-state index contributed by atoms with van der Waals surface area (Å²) in [7, 11) is 0. The first kappa shape index (κ1) is 29.7. The van der Waals surface area contributed by atoms with E-state index in [-0.39, 0.29) is 83.8 Å². The summed E-state index contributed by atoms with van der Waals surface area (Å²) in [6, 6.07) is 0. The van der Waals surface area contributed by atoms with Crippen molar-refractivity contribution in [2.75, 3.05) is 0 Å². The van der Waals surface area contributed by atoms with Crippen LogP contribution in [0.3, 0.4) is 0 Å². The summed E-state index contributed by atoms with van der Waals surface area (Å²) in [5.74, 6) is 0. The molecule has 0 saturated carbocycles. The quantitative estimate of drug-likeness (QED) is 0.264. The van der Waals surface area contributed by atoms with Gasteiger partial charge in [0.05, 0.1) is 0 Å². The fourth-order valence-electron chi connectivity index (χ4n) is 0. The maximum absolute atomic E-state index is 0. The summed E-state index contributed by atoms with van der Waals surface area (Å²) in [5.41, 5.74) is 0. The van der Waals surface area contributed by atoms with Gasteiger partial charge in [0.15, 0.2) is 0 Å². The van der Waals surface area contributed by atoms with Crippen molar-refractivity contribution >= 4 is 83.8 Å². The van der Waals surface area contributed by atoms with Crippen LogP contribution in [0.25, 0.3) is 0 Å². The molecule has 0 aliphatic heterocycles. The molecule has 12 valence electrons. The van der Waals surface area contributed by atoms with Crippen molar-refractivity contribution < 1.29 is 0 Å². The van der Waals surface area contributed by atoms with E-state index in [1.165, 1.54) is 0 Å². The van der Waals surface area contributed by atoms with Crippen molar-refractivity contribution in [1.82, 2.24) is 0 Å². The molecule has 0 heterocycles. The van der Waals surface area contributed by atoms with Gasteiger partial charge in [-0.3, -0.25) is 0 Å². The summed E-state index contributed by atoms with van der Waals surface area (Å²) in [6.45, 7) is 0. The number of rotatable bonds is 0. The standard InChI is InChI=1S/2Li.2Mg.6H. The van der Waals surface area contributed by atoms with Crippen molar-refractivity contribution in [1.29, 1.82) is 0 Å². The van der Waals surface area contributed by atoms with E-state index in [4.69, 9.17) is 0 Å². The third kappa shape index (κ3) is 8.83. The molecule has 4 heavy (non-hydrogen) atoms. The second-order valence-corrected chi connectivity index (χ2v) is 0. The molecule has 0 rings (SSSR count). The number of hydrogen-bond donors (Lipinski definition) is 0. The predicted molar refractivity (Wildman–Crippen MR) is 31.4 cm³/mol. The van der Waals surface area contributed by atoms with Crippen molar-refractivity contribution in [3.8, 4) is 0 Å². The molecule has 0 N–H and O–H groups in total. The largest absolute Gasteiger partial charge is 0.316 e. The van der Waals surface area contributed by atoms with Gasteiger partial charge in [0.1, 0.15) is 0 Å². The summed E-state index contributed by atoms with van der Waals surface area (Å²) in [6.07, 6.45) is 0. The fraction of sp³-hybridized carbons (Fsp3) is 0. The van der Waals surface area contributed by atoms with Gasteiger partial charge in [0, 0.05) is 0 Å². The first-order chi connectivity index (χ1) is 0. The van der Waals surface area contributed by atoms with Gasteiger partial charge >= 0.3 is 83.8 Å². The van der Waals surface area contributed by atoms with Gasteiger partial charge in [0.2, 0.25) is 0 Å². The predicted octanol–water partition coefficient (Wildman–Crippen LogP) is -3.13. The Balaban J connectivity index is 0. The normalized spacial score (nSPS) is 0. The van der Waals surface area contributed by atoms with E-state index in [1.54, 1.807) is 0 Å². The Labute approximate surface area is 82.5 Å². The zero-order chi connectivity index (χ0) is 0. The Morgan fingerprint density at radius 3 is 0.500 bits per heavy atom. The molecular formula is H6Li2Mg2. The second kappa shape index (κ2) is 17.2. The van der Waals surface area contributed by atoms with E-state index >= 15 is 0 Å². The van der Waals surface area contributed by atoms with E-state index in [0.717, 1.165) is 0 Å². The molecule has 0 saturated heterocycles. The van der Waals surface area contributed by atoms with Crippen LogP contribution in [0.1, 0.15) is 0 Å². The van der Waals surface area contributed by atoms with Crippen LogP contribution < -0.4 is 0 Å². The third-order valence-corrected chi connectivity index (χ3v) is 0. The van der Waals surface area contributed by atoms with Crippen molar-refractivity contribution in [2.45, 2.75) is 0 Å². The van der Waals surface area contributed by atoms with Crippen LogP contribution in [-0.4, -0.2) is 83.8 Å². The summed E-state index contributed by atoms with van der Waals surface area (Å²) in [5, 5.41) is 0. The Morgan fingerprint density at radius 2 is 0.500 bits per heavy atom. The molecule has 0 spiro atoms. The first-order valence-electron chi connectivity index (χ1n) is 0. The van der Waals surface area contributed by atoms with Gasteiger partial charge in [-0.15, -0.1) is 0 Å². The van der Waals surface area contributed by atoms with E-state index < -0.39 is 0 Å². The van der Waals surface area contributed by atoms with Gasteiger partial charge in [-0.2, -0.15) is 0 Å². The van der Waals surface area contributed by atoms with Crippen LogP contribution in [0.4, 0.5) is 0 Å². The Hall–Kier alpha value is 2.73. The van der Waals surface area contributed by atoms with Gasteiger partial charge in [0.25, 0.3) is 0 Å². The average Bonchev–Trinajstić information content (AvgIpc) is 0. The molecular weight excluding hydrogens is 62.5 g/mol. The zero-order valence-electron chi connectivity index (χ0n) is 0. The molecule has 0 aromatic carbocycles. The third-order valence-electron chi connectivity index (χ3n) is 0. The minimum atomic E-state index is 0. The molecule has 4 heteroatoms. The van der Waals surface area contributed by atoms with Crippen molar-refractivity contribution in [3.63, 3.8) is 0 Å². The van der Waals surface area contributed by atoms with E-state index in [2.05, 4.69) is 0 Å². The molecule has 0 bridgehead atoms. The van der Waals surface area contributed by atoms with Crippen LogP contribution in [0, 0.1) is 0 Å². The Bertz CT molecular complexity index is 4.00. The summed E-state index contributed by atoms with van der Waals surface area (Å²) in [4.78, 5) is 0. The molecule has 0 nitrogen and oxygen atoms in total. The molecule has 0 atom stereocenters. The van der Waals surface area contributed by atoms with Crippen molar-refractivity contribution in [3.05, 3.63) is 0 Å². The molecule has 0 aliphatic rings. The molecule has 0 amide bonds. The van der Waals surface area contributed by atoms with E-state index in [9.17, 15) is 0 Å². The maximum Gasteiger partial charge on any atom is 0.316 e. The van der Waals surface area contributed by atoms with Crippen LogP contribution in [0.5, 0.6) is 0 Å². The fourth-order valence-corrected chi connectivity index (χ4v) is 0. The maximum atomic E-state index is 0. The average molecular weight is 68.5 g/mol. The van der Waals surface area contributed by atoms with Crippen LogP contribution in [0.2, 0.25) is 0 Å². The van der Waals surface area contributed by atoms with Crippen molar-refractivity contribution in [2.24, 2.45) is 0 Å². The second-order valence-electron chi connectivity index (χ2n) is 0. The SMILES string of the molecule is [LiH].[LiH].[MgH2].[MgH2]. The molecule has 0 radical (unpaired) electrons.